The van der Waals surface area contributed by atoms with Gasteiger partial charge < -0.3 is 9.47 Å². The quantitative estimate of drug-likeness (QED) is 0.343. The molecule has 6 heteroatoms. The van der Waals surface area contributed by atoms with Crippen molar-refractivity contribution < 1.29 is 14.4 Å². The van der Waals surface area contributed by atoms with Gasteiger partial charge >= 0.3 is 0 Å². The molecular formula is C14H20N2O4. The third kappa shape index (κ3) is 4.87. The van der Waals surface area contributed by atoms with E-state index in [1.807, 2.05) is 20.8 Å². The van der Waals surface area contributed by atoms with Crippen LogP contribution in [0, 0.1) is 10.1 Å². The van der Waals surface area contributed by atoms with Gasteiger partial charge in [0, 0.05) is 19.1 Å². The van der Waals surface area contributed by atoms with Crippen molar-refractivity contribution in [1.82, 2.24) is 0 Å². The third-order valence-electron chi connectivity index (χ3n) is 2.30. The summed E-state index contributed by atoms with van der Waals surface area (Å²) in [6.07, 6.45) is 0.846. The van der Waals surface area contributed by atoms with Gasteiger partial charge in [-0.2, -0.15) is 0 Å². The van der Waals surface area contributed by atoms with Crippen LogP contribution in [0.1, 0.15) is 34.1 Å². The number of hydrogen-bond donors (Lipinski definition) is 0. The van der Waals surface area contributed by atoms with Crippen molar-refractivity contribution in [3.05, 3.63) is 28.3 Å². The molecule has 0 aromatic heterocycles. The highest BCUT2D eigenvalue weighted by Crippen LogP contribution is 2.32. The number of nitrogens with zero attached hydrogens (tertiary/aromatic N) is 2. The lowest BCUT2D eigenvalue weighted by atomic mass is 10.2. The van der Waals surface area contributed by atoms with Crippen LogP contribution in [-0.2, 0) is 4.74 Å². The van der Waals surface area contributed by atoms with E-state index < -0.39 is 4.92 Å². The van der Waals surface area contributed by atoms with Gasteiger partial charge in [0.25, 0.3) is 5.69 Å². The smallest absolute Gasteiger partial charge is 0.271 e. The average Bonchev–Trinajstić information content (AvgIpc) is 2.35. The Balaban J connectivity index is 3.10. The van der Waals surface area contributed by atoms with Crippen molar-refractivity contribution in [3.63, 3.8) is 0 Å². The van der Waals surface area contributed by atoms with Crippen molar-refractivity contribution >= 4 is 17.3 Å². The maximum atomic E-state index is 10.8. The minimum atomic E-state index is -0.457. The molecule has 0 bridgehead atoms. The number of ether oxygens (including phenoxy) is 2. The average molecular weight is 280 g/mol. The predicted molar refractivity (Wildman–Crippen MR) is 77.9 cm³/mol. The number of nitro groups is 1. The van der Waals surface area contributed by atoms with Crippen LogP contribution in [0.5, 0.6) is 5.75 Å². The monoisotopic (exact) mass is 280 g/mol. The molecule has 0 N–H and O–H groups in total. The van der Waals surface area contributed by atoms with Crippen LogP contribution in [0.15, 0.2) is 23.2 Å². The Labute approximate surface area is 118 Å². The summed E-state index contributed by atoms with van der Waals surface area (Å²) in [5.74, 6) is 0.964. The summed E-state index contributed by atoms with van der Waals surface area (Å²) in [6, 6.07) is 4.36. The normalized spacial score (nSPS) is 11.6. The highest BCUT2D eigenvalue weighted by molar-refractivity contribution is 5.78. The van der Waals surface area contributed by atoms with Crippen LogP contribution >= 0.6 is 0 Å². The van der Waals surface area contributed by atoms with E-state index in [1.54, 1.807) is 13.0 Å². The molecule has 0 saturated heterocycles. The molecule has 0 aliphatic rings. The molecule has 0 aliphatic heterocycles. The zero-order valence-corrected chi connectivity index (χ0v) is 12.3. The van der Waals surface area contributed by atoms with Crippen LogP contribution in [0.2, 0.25) is 0 Å². The van der Waals surface area contributed by atoms with Gasteiger partial charge in [0.05, 0.1) is 17.6 Å². The van der Waals surface area contributed by atoms with Gasteiger partial charge in [-0.25, -0.2) is 4.99 Å². The van der Waals surface area contributed by atoms with Crippen molar-refractivity contribution in [2.24, 2.45) is 4.99 Å². The lowest BCUT2D eigenvalue weighted by Crippen LogP contribution is -2.07. The standard InChI is InChI=1S/C14H20N2O4/c1-5-8-19-14-7-6-12(16(17)18)9-13(14)15-11(4)20-10(2)3/h6-7,9-10H,5,8H2,1-4H3. The first-order valence-corrected chi connectivity index (χ1v) is 6.57. The fourth-order valence-corrected chi connectivity index (χ4v) is 1.58. The molecule has 6 nitrogen and oxygen atoms in total. The minimum absolute atomic E-state index is 0.00235. The van der Waals surface area contributed by atoms with Crippen molar-refractivity contribution in [2.45, 2.75) is 40.2 Å². The summed E-state index contributed by atoms with van der Waals surface area (Å²) in [6.45, 7) is 8.01. The zero-order chi connectivity index (χ0) is 15.1. The first-order chi connectivity index (χ1) is 9.43. The van der Waals surface area contributed by atoms with E-state index in [2.05, 4.69) is 4.99 Å². The molecule has 0 fully saturated rings. The van der Waals surface area contributed by atoms with E-state index in [0.29, 0.717) is 23.9 Å². The molecule has 0 unspecified atom stereocenters. The lowest BCUT2D eigenvalue weighted by Gasteiger charge is -2.11. The number of non-ortho nitro benzene ring substituents is 1. The molecule has 0 saturated carbocycles. The summed E-state index contributed by atoms with van der Waals surface area (Å²) in [4.78, 5) is 14.6. The second-order valence-electron chi connectivity index (χ2n) is 4.56. The minimum Gasteiger partial charge on any atom is -0.491 e. The summed E-state index contributed by atoms with van der Waals surface area (Å²) < 4.78 is 11.0. The maximum absolute atomic E-state index is 10.8. The number of rotatable bonds is 6. The molecule has 1 aromatic carbocycles. The Morgan fingerprint density at radius 3 is 2.70 bits per heavy atom. The van der Waals surface area contributed by atoms with Gasteiger partial charge in [0.15, 0.2) is 5.90 Å². The second-order valence-corrected chi connectivity index (χ2v) is 4.56. The molecule has 0 atom stereocenters. The molecular weight excluding hydrogens is 260 g/mol. The van der Waals surface area contributed by atoms with E-state index in [1.165, 1.54) is 12.1 Å². The Bertz CT molecular complexity index is 498. The van der Waals surface area contributed by atoms with Crippen molar-refractivity contribution in [2.75, 3.05) is 6.61 Å². The molecule has 0 heterocycles. The van der Waals surface area contributed by atoms with Gasteiger partial charge in [0.1, 0.15) is 11.4 Å². The van der Waals surface area contributed by atoms with Crippen LogP contribution < -0.4 is 4.74 Å². The first-order valence-electron chi connectivity index (χ1n) is 6.57. The van der Waals surface area contributed by atoms with Crippen molar-refractivity contribution in [1.29, 1.82) is 0 Å². The van der Waals surface area contributed by atoms with E-state index in [0.717, 1.165) is 6.42 Å². The Kier molecular flexibility index (Phi) is 5.96. The molecule has 0 spiro atoms. The SMILES string of the molecule is CCCOc1ccc([N+](=O)[O-])cc1N=C(C)OC(C)C. The van der Waals surface area contributed by atoms with Gasteiger partial charge in [0.2, 0.25) is 0 Å². The third-order valence-corrected chi connectivity index (χ3v) is 2.30. The fourth-order valence-electron chi connectivity index (χ4n) is 1.58. The molecule has 1 rings (SSSR count). The van der Waals surface area contributed by atoms with Crippen molar-refractivity contribution in [3.8, 4) is 5.75 Å². The number of nitro benzene ring substituents is 1. The van der Waals surface area contributed by atoms with E-state index in [9.17, 15) is 10.1 Å². The number of hydrogen-bond acceptors (Lipinski definition) is 5. The topological polar surface area (TPSA) is 74.0 Å². The zero-order valence-electron chi connectivity index (χ0n) is 12.3. The summed E-state index contributed by atoms with van der Waals surface area (Å²) in [7, 11) is 0. The van der Waals surface area contributed by atoms with E-state index >= 15 is 0 Å². The van der Waals surface area contributed by atoms with Gasteiger partial charge in [-0.15, -0.1) is 0 Å². The van der Waals surface area contributed by atoms with E-state index in [4.69, 9.17) is 9.47 Å². The predicted octanol–water partition coefficient (Wildman–Crippen LogP) is 3.86. The van der Waals surface area contributed by atoms with Crippen LogP contribution in [0.4, 0.5) is 11.4 Å². The molecule has 20 heavy (non-hydrogen) atoms. The fraction of sp³-hybridized carbons (Fsp3) is 0.500. The molecule has 0 amide bonds. The summed E-state index contributed by atoms with van der Waals surface area (Å²) >= 11 is 0. The summed E-state index contributed by atoms with van der Waals surface area (Å²) in [5.41, 5.74) is 0.385. The first kappa shape index (κ1) is 15.9. The van der Waals surface area contributed by atoms with Gasteiger partial charge in [-0.05, 0) is 26.3 Å². The Hall–Kier alpha value is -2.11. The number of benzene rings is 1. The number of aliphatic imine (C=N–C) groups is 1. The largest absolute Gasteiger partial charge is 0.491 e. The molecule has 0 radical (unpaired) electrons. The molecule has 0 aliphatic carbocycles. The van der Waals surface area contributed by atoms with Gasteiger partial charge in [-0.3, -0.25) is 10.1 Å². The second kappa shape index (κ2) is 7.47. The van der Waals surface area contributed by atoms with Crippen LogP contribution in [0.25, 0.3) is 0 Å². The lowest BCUT2D eigenvalue weighted by molar-refractivity contribution is -0.384. The van der Waals surface area contributed by atoms with Crippen LogP contribution in [-0.4, -0.2) is 23.5 Å². The van der Waals surface area contributed by atoms with Crippen LogP contribution in [0.3, 0.4) is 0 Å². The van der Waals surface area contributed by atoms with E-state index in [-0.39, 0.29) is 11.8 Å². The highest BCUT2D eigenvalue weighted by Gasteiger charge is 2.12. The molecule has 1 aromatic rings. The Morgan fingerprint density at radius 2 is 2.15 bits per heavy atom. The highest BCUT2D eigenvalue weighted by atomic mass is 16.6. The maximum Gasteiger partial charge on any atom is 0.271 e. The Morgan fingerprint density at radius 1 is 1.45 bits per heavy atom. The van der Waals surface area contributed by atoms with Gasteiger partial charge in [-0.1, -0.05) is 6.92 Å². The molecule has 110 valence electrons. The summed E-state index contributed by atoms with van der Waals surface area (Å²) in [5, 5.41) is 10.8.